The molecule has 0 fully saturated rings. The molecular weight excluding hydrogens is 412 g/mol. The van der Waals surface area contributed by atoms with Crippen molar-refractivity contribution in [2.75, 3.05) is 16.3 Å². The summed E-state index contributed by atoms with van der Waals surface area (Å²) in [4.78, 5) is 12.9. The Balaban J connectivity index is 1.90. The van der Waals surface area contributed by atoms with Gasteiger partial charge in [0, 0.05) is 10.7 Å². The number of nitrogens with one attached hydrogen (secondary N) is 2. The fourth-order valence-corrected chi connectivity index (χ4v) is 3.63. The summed E-state index contributed by atoms with van der Waals surface area (Å²) < 4.78 is 26.9. The van der Waals surface area contributed by atoms with Crippen molar-refractivity contribution in [3.05, 3.63) is 71.0 Å². The van der Waals surface area contributed by atoms with Crippen LogP contribution in [-0.2, 0) is 10.0 Å². The molecule has 0 saturated heterocycles. The smallest absolute Gasteiger partial charge is 0.259 e. The van der Waals surface area contributed by atoms with Gasteiger partial charge in [0.2, 0.25) is 10.0 Å². The molecular formula is C20H21ClN4O3S. The SMILES string of the molecule is CC(C)c1c(C(=O)Nc2cccc(NS(C)(=O)=O)c2)cnn1-c1ccc(Cl)cc1. The Morgan fingerprint density at radius 2 is 1.76 bits per heavy atom. The lowest BCUT2D eigenvalue weighted by atomic mass is 10.0. The molecule has 1 amide bonds. The Bertz CT molecular complexity index is 1140. The molecule has 0 aliphatic rings. The van der Waals surface area contributed by atoms with Crippen molar-refractivity contribution in [3.8, 4) is 5.69 Å². The number of halogens is 1. The predicted molar refractivity (Wildman–Crippen MR) is 116 cm³/mol. The number of anilines is 2. The molecule has 152 valence electrons. The van der Waals surface area contributed by atoms with Crippen molar-refractivity contribution in [2.24, 2.45) is 0 Å². The number of sulfonamides is 1. The highest BCUT2D eigenvalue weighted by atomic mass is 35.5. The molecule has 0 radical (unpaired) electrons. The van der Waals surface area contributed by atoms with E-state index in [4.69, 9.17) is 11.6 Å². The number of hydrogen-bond acceptors (Lipinski definition) is 4. The summed E-state index contributed by atoms with van der Waals surface area (Å²) in [7, 11) is -3.41. The van der Waals surface area contributed by atoms with Crippen LogP contribution in [0.1, 0.15) is 35.8 Å². The maximum Gasteiger partial charge on any atom is 0.259 e. The molecule has 1 aromatic heterocycles. The Kier molecular flexibility index (Phi) is 5.95. The molecule has 3 rings (SSSR count). The van der Waals surface area contributed by atoms with Crippen LogP contribution in [0.4, 0.5) is 11.4 Å². The molecule has 2 aromatic carbocycles. The van der Waals surface area contributed by atoms with E-state index in [1.165, 1.54) is 6.20 Å². The lowest BCUT2D eigenvalue weighted by Crippen LogP contribution is -2.16. The number of benzene rings is 2. The largest absolute Gasteiger partial charge is 0.322 e. The van der Waals surface area contributed by atoms with Crippen molar-refractivity contribution >= 4 is 38.9 Å². The minimum absolute atomic E-state index is 0.0344. The number of carbonyl (C=O) groups is 1. The average molecular weight is 433 g/mol. The van der Waals surface area contributed by atoms with Gasteiger partial charge in [-0.1, -0.05) is 31.5 Å². The predicted octanol–water partition coefficient (Wildman–Crippen LogP) is 4.27. The number of carbonyl (C=O) groups excluding carboxylic acids is 1. The van der Waals surface area contributed by atoms with Crippen molar-refractivity contribution in [2.45, 2.75) is 19.8 Å². The van der Waals surface area contributed by atoms with Gasteiger partial charge in [-0.2, -0.15) is 5.10 Å². The van der Waals surface area contributed by atoms with Gasteiger partial charge >= 0.3 is 0 Å². The maximum atomic E-state index is 12.9. The standard InChI is InChI=1S/C20H21ClN4O3S/c1-13(2)19-18(12-22-25(19)17-9-7-14(21)8-10-17)20(26)23-15-5-4-6-16(11-15)24-29(3,27)28/h4-13,24H,1-3H3,(H,23,26). The van der Waals surface area contributed by atoms with Gasteiger partial charge < -0.3 is 5.32 Å². The summed E-state index contributed by atoms with van der Waals surface area (Å²) in [5, 5.41) is 7.81. The molecule has 0 saturated carbocycles. The molecule has 0 bridgehead atoms. The number of nitrogens with zero attached hydrogens (tertiary/aromatic N) is 2. The third kappa shape index (κ3) is 5.16. The van der Waals surface area contributed by atoms with E-state index >= 15 is 0 Å². The van der Waals surface area contributed by atoms with Crippen LogP contribution in [0.3, 0.4) is 0 Å². The molecule has 9 heteroatoms. The molecule has 0 spiro atoms. The zero-order chi connectivity index (χ0) is 21.2. The van der Waals surface area contributed by atoms with Gasteiger partial charge in [0.1, 0.15) is 0 Å². The summed E-state index contributed by atoms with van der Waals surface area (Å²) in [5.41, 5.74) is 2.84. The molecule has 1 heterocycles. The number of rotatable bonds is 6. The van der Waals surface area contributed by atoms with Gasteiger partial charge in [-0.3, -0.25) is 9.52 Å². The van der Waals surface area contributed by atoms with E-state index in [-0.39, 0.29) is 11.8 Å². The first-order valence-electron chi connectivity index (χ1n) is 8.87. The van der Waals surface area contributed by atoms with Crippen LogP contribution in [0.5, 0.6) is 0 Å². The summed E-state index contributed by atoms with van der Waals surface area (Å²) in [6.07, 6.45) is 2.59. The molecule has 0 unspecified atom stereocenters. The first-order valence-corrected chi connectivity index (χ1v) is 11.1. The third-order valence-electron chi connectivity index (χ3n) is 4.09. The van der Waals surface area contributed by atoms with E-state index < -0.39 is 10.0 Å². The maximum absolute atomic E-state index is 12.9. The van der Waals surface area contributed by atoms with Crippen molar-refractivity contribution in [1.82, 2.24) is 9.78 Å². The number of amides is 1. The molecule has 0 aliphatic carbocycles. The first kappa shape index (κ1) is 20.9. The molecule has 29 heavy (non-hydrogen) atoms. The van der Waals surface area contributed by atoms with Crippen LogP contribution in [-0.4, -0.2) is 30.4 Å². The summed E-state index contributed by atoms with van der Waals surface area (Å²) in [6.45, 7) is 3.97. The van der Waals surface area contributed by atoms with Crippen molar-refractivity contribution in [1.29, 1.82) is 0 Å². The average Bonchev–Trinajstić information content (AvgIpc) is 3.06. The van der Waals surface area contributed by atoms with Crippen LogP contribution < -0.4 is 10.0 Å². The molecule has 0 aliphatic heterocycles. The number of hydrogen-bond donors (Lipinski definition) is 2. The second-order valence-corrected chi connectivity index (χ2v) is 9.08. The Labute approximate surface area is 174 Å². The lowest BCUT2D eigenvalue weighted by Gasteiger charge is -2.13. The van der Waals surface area contributed by atoms with E-state index in [0.29, 0.717) is 22.0 Å². The normalized spacial score (nSPS) is 11.5. The van der Waals surface area contributed by atoms with Gasteiger partial charge in [0.15, 0.2) is 0 Å². The van der Waals surface area contributed by atoms with E-state index in [0.717, 1.165) is 17.6 Å². The van der Waals surface area contributed by atoms with Gasteiger partial charge in [-0.25, -0.2) is 13.1 Å². The zero-order valence-corrected chi connectivity index (χ0v) is 17.8. The van der Waals surface area contributed by atoms with E-state index in [1.54, 1.807) is 41.1 Å². The van der Waals surface area contributed by atoms with Crippen LogP contribution in [0.25, 0.3) is 5.69 Å². The fraction of sp³-hybridized carbons (Fsp3) is 0.200. The van der Waals surface area contributed by atoms with Gasteiger partial charge in [-0.05, 0) is 48.4 Å². The second-order valence-electron chi connectivity index (χ2n) is 6.90. The highest BCUT2D eigenvalue weighted by Gasteiger charge is 2.21. The first-order chi connectivity index (χ1) is 13.6. The summed E-state index contributed by atoms with van der Waals surface area (Å²) >= 11 is 5.96. The summed E-state index contributed by atoms with van der Waals surface area (Å²) in [5.74, 6) is -0.294. The third-order valence-corrected chi connectivity index (χ3v) is 4.95. The quantitative estimate of drug-likeness (QED) is 0.608. The van der Waals surface area contributed by atoms with Crippen LogP contribution >= 0.6 is 11.6 Å². The monoisotopic (exact) mass is 432 g/mol. The van der Waals surface area contributed by atoms with E-state index in [9.17, 15) is 13.2 Å². The molecule has 3 aromatic rings. The van der Waals surface area contributed by atoms with Crippen LogP contribution in [0, 0.1) is 0 Å². The van der Waals surface area contributed by atoms with Gasteiger partial charge in [-0.15, -0.1) is 0 Å². The topological polar surface area (TPSA) is 93.1 Å². The number of aromatic nitrogens is 2. The highest BCUT2D eigenvalue weighted by Crippen LogP contribution is 2.25. The van der Waals surface area contributed by atoms with Crippen molar-refractivity contribution < 1.29 is 13.2 Å². The van der Waals surface area contributed by atoms with Gasteiger partial charge in [0.25, 0.3) is 5.91 Å². The highest BCUT2D eigenvalue weighted by molar-refractivity contribution is 7.92. The van der Waals surface area contributed by atoms with Crippen LogP contribution in [0.15, 0.2) is 54.7 Å². The lowest BCUT2D eigenvalue weighted by molar-refractivity contribution is 0.102. The Morgan fingerprint density at radius 1 is 1.10 bits per heavy atom. The van der Waals surface area contributed by atoms with Crippen molar-refractivity contribution in [3.63, 3.8) is 0 Å². The zero-order valence-electron chi connectivity index (χ0n) is 16.2. The minimum Gasteiger partial charge on any atom is -0.322 e. The minimum atomic E-state index is -3.41. The van der Waals surface area contributed by atoms with Gasteiger partial charge in [0.05, 0.1) is 35.1 Å². The van der Waals surface area contributed by atoms with Crippen LogP contribution in [0.2, 0.25) is 5.02 Å². The Hall–Kier alpha value is -2.84. The molecule has 2 N–H and O–H groups in total. The second kappa shape index (κ2) is 8.26. The van der Waals surface area contributed by atoms with E-state index in [2.05, 4.69) is 15.1 Å². The van der Waals surface area contributed by atoms with E-state index in [1.807, 2.05) is 26.0 Å². The molecule has 0 atom stereocenters. The fourth-order valence-electron chi connectivity index (χ4n) is 2.95. The summed E-state index contributed by atoms with van der Waals surface area (Å²) in [6, 6.07) is 13.7. The molecule has 7 nitrogen and oxygen atoms in total. The Morgan fingerprint density at radius 3 is 2.38 bits per heavy atom.